The van der Waals surface area contributed by atoms with Crippen molar-refractivity contribution in [2.24, 2.45) is 5.92 Å². The summed E-state index contributed by atoms with van der Waals surface area (Å²) in [5.74, 6) is -1.76. The first kappa shape index (κ1) is 11.4. The van der Waals surface area contributed by atoms with E-state index in [1.165, 1.54) is 6.92 Å². The second-order valence-corrected chi connectivity index (χ2v) is 5.37. The van der Waals surface area contributed by atoms with Crippen molar-refractivity contribution < 1.29 is 18.3 Å². The highest BCUT2D eigenvalue weighted by Crippen LogP contribution is 2.13. The molecule has 0 aromatic carbocycles. The molecule has 0 radical (unpaired) electrons. The number of aliphatic carboxylic acids is 1. The Hall–Kier alpha value is -0.580. The highest BCUT2D eigenvalue weighted by molar-refractivity contribution is 7.92. The minimum absolute atomic E-state index is 0.123. The summed E-state index contributed by atoms with van der Waals surface area (Å²) in [5, 5.41) is 7.37. The van der Waals surface area contributed by atoms with E-state index in [9.17, 15) is 13.2 Å². The van der Waals surface area contributed by atoms with Gasteiger partial charge < -0.3 is 5.11 Å². The highest BCUT2D eigenvalue weighted by Gasteiger charge is 2.33. The standard InChI is InChI=1S/C7H14O4S/c1-4-12(10,11)6(5(2)3)7(8)9/h5-6H,4H2,1-3H3,(H,8,9). The molecule has 1 unspecified atom stereocenters. The zero-order valence-corrected chi connectivity index (χ0v) is 8.26. The van der Waals surface area contributed by atoms with Crippen molar-refractivity contribution in [2.45, 2.75) is 26.0 Å². The van der Waals surface area contributed by atoms with E-state index in [2.05, 4.69) is 0 Å². The third-order valence-corrected chi connectivity index (χ3v) is 3.96. The van der Waals surface area contributed by atoms with Crippen LogP contribution in [0.5, 0.6) is 0 Å². The van der Waals surface area contributed by atoms with Crippen molar-refractivity contribution in [2.75, 3.05) is 5.75 Å². The molecular formula is C7H14O4S. The van der Waals surface area contributed by atoms with Crippen molar-refractivity contribution in [3.63, 3.8) is 0 Å². The number of carboxylic acid groups (broad SMARTS) is 1. The lowest BCUT2D eigenvalue weighted by Crippen LogP contribution is -2.35. The van der Waals surface area contributed by atoms with Crippen molar-refractivity contribution in [3.05, 3.63) is 0 Å². The van der Waals surface area contributed by atoms with Crippen molar-refractivity contribution in [1.82, 2.24) is 0 Å². The lowest BCUT2D eigenvalue weighted by Gasteiger charge is -2.15. The van der Waals surface area contributed by atoms with Crippen LogP contribution in [0.3, 0.4) is 0 Å². The molecule has 1 atom stereocenters. The molecule has 0 aliphatic carbocycles. The van der Waals surface area contributed by atoms with E-state index in [-0.39, 0.29) is 11.7 Å². The number of carboxylic acids is 1. The molecule has 0 aliphatic rings. The Balaban J connectivity index is 4.89. The molecule has 72 valence electrons. The number of hydrogen-bond donors (Lipinski definition) is 1. The van der Waals surface area contributed by atoms with E-state index in [1.807, 2.05) is 0 Å². The van der Waals surface area contributed by atoms with Gasteiger partial charge in [-0.1, -0.05) is 20.8 Å². The fourth-order valence-electron chi connectivity index (χ4n) is 1.03. The second kappa shape index (κ2) is 3.89. The summed E-state index contributed by atoms with van der Waals surface area (Å²) in [6.07, 6.45) is 0. The Morgan fingerprint density at radius 1 is 1.42 bits per heavy atom. The maximum absolute atomic E-state index is 11.2. The molecule has 0 saturated heterocycles. The van der Waals surface area contributed by atoms with Crippen LogP contribution < -0.4 is 0 Å². The molecule has 5 heteroatoms. The van der Waals surface area contributed by atoms with Crippen LogP contribution in [0.25, 0.3) is 0 Å². The molecule has 12 heavy (non-hydrogen) atoms. The second-order valence-electron chi connectivity index (χ2n) is 2.95. The van der Waals surface area contributed by atoms with Crippen LogP contribution in [-0.2, 0) is 14.6 Å². The summed E-state index contributed by atoms with van der Waals surface area (Å²) < 4.78 is 22.4. The SMILES string of the molecule is CCS(=O)(=O)C(C(=O)O)C(C)C. The maximum Gasteiger partial charge on any atom is 0.322 e. The molecule has 0 aliphatic heterocycles. The molecular weight excluding hydrogens is 180 g/mol. The Kier molecular flexibility index (Phi) is 3.70. The van der Waals surface area contributed by atoms with Crippen LogP contribution in [0.2, 0.25) is 0 Å². The molecule has 0 spiro atoms. The minimum Gasteiger partial charge on any atom is -0.480 e. The van der Waals surface area contributed by atoms with Crippen LogP contribution in [0.4, 0.5) is 0 Å². The first-order chi connectivity index (χ1) is 5.33. The van der Waals surface area contributed by atoms with E-state index in [1.54, 1.807) is 13.8 Å². The lowest BCUT2D eigenvalue weighted by atomic mass is 10.1. The fraction of sp³-hybridized carbons (Fsp3) is 0.857. The topological polar surface area (TPSA) is 71.4 Å². The van der Waals surface area contributed by atoms with E-state index >= 15 is 0 Å². The van der Waals surface area contributed by atoms with Gasteiger partial charge >= 0.3 is 5.97 Å². The number of hydrogen-bond acceptors (Lipinski definition) is 3. The third-order valence-electron chi connectivity index (χ3n) is 1.64. The first-order valence-electron chi connectivity index (χ1n) is 3.77. The van der Waals surface area contributed by atoms with Crippen LogP contribution in [-0.4, -0.2) is 30.5 Å². The number of carbonyl (C=O) groups is 1. The normalized spacial score (nSPS) is 14.7. The van der Waals surface area contributed by atoms with Gasteiger partial charge in [-0.15, -0.1) is 0 Å². The molecule has 4 nitrogen and oxygen atoms in total. The monoisotopic (exact) mass is 194 g/mol. The maximum atomic E-state index is 11.2. The van der Waals surface area contributed by atoms with Gasteiger partial charge in [0.05, 0.1) is 0 Å². The van der Waals surface area contributed by atoms with Gasteiger partial charge in [-0.05, 0) is 5.92 Å². The fourth-order valence-corrected chi connectivity index (χ4v) is 2.53. The molecule has 0 bridgehead atoms. The Morgan fingerprint density at radius 2 is 1.83 bits per heavy atom. The van der Waals surface area contributed by atoms with Crippen LogP contribution in [0.15, 0.2) is 0 Å². The van der Waals surface area contributed by atoms with Gasteiger partial charge in [0.2, 0.25) is 0 Å². The Labute approximate surface area is 72.5 Å². The first-order valence-corrected chi connectivity index (χ1v) is 5.48. The molecule has 0 aromatic heterocycles. The van der Waals surface area contributed by atoms with Crippen molar-refractivity contribution in [3.8, 4) is 0 Å². The summed E-state index contributed by atoms with van der Waals surface area (Å²) >= 11 is 0. The van der Waals surface area contributed by atoms with Gasteiger partial charge in [-0.2, -0.15) is 0 Å². The van der Waals surface area contributed by atoms with E-state index < -0.39 is 21.1 Å². The summed E-state index contributed by atoms with van der Waals surface area (Å²) in [6.45, 7) is 4.63. The number of sulfone groups is 1. The third kappa shape index (κ3) is 2.48. The molecule has 0 fully saturated rings. The van der Waals surface area contributed by atoms with Crippen LogP contribution >= 0.6 is 0 Å². The van der Waals surface area contributed by atoms with Gasteiger partial charge in [-0.3, -0.25) is 4.79 Å². The zero-order chi connectivity index (χ0) is 9.94. The zero-order valence-electron chi connectivity index (χ0n) is 7.44. The summed E-state index contributed by atoms with van der Waals surface area (Å²) in [5.41, 5.74) is 0. The molecule has 1 N–H and O–H groups in total. The predicted molar refractivity (Wildman–Crippen MR) is 45.7 cm³/mol. The van der Waals surface area contributed by atoms with Gasteiger partial charge in [-0.25, -0.2) is 8.42 Å². The summed E-state index contributed by atoms with van der Waals surface area (Å²) in [6, 6.07) is 0. The highest BCUT2D eigenvalue weighted by atomic mass is 32.2. The van der Waals surface area contributed by atoms with Crippen molar-refractivity contribution >= 4 is 15.8 Å². The Bertz CT molecular complexity index is 253. The molecule has 0 rings (SSSR count). The van der Waals surface area contributed by atoms with Gasteiger partial charge in [0.1, 0.15) is 0 Å². The van der Waals surface area contributed by atoms with Gasteiger partial charge in [0.15, 0.2) is 15.1 Å². The van der Waals surface area contributed by atoms with Crippen LogP contribution in [0.1, 0.15) is 20.8 Å². The van der Waals surface area contributed by atoms with Gasteiger partial charge in [0, 0.05) is 5.75 Å². The quantitative estimate of drug-likeness (QED) is 0.708. The minimum atomic E-state index is -3.46. The van der Waals surface area contributed by atoms with E-state index in [4.69, 9.17) is 5.11 Å². The van der Waals surface area contributed by atoms with E-state index in [0.717, 1.165) is 0 Å². The average Bonchev–Trinajstić information content (AvgIpc) is 1.84. The summed E-state index contributed by atoms with van der Waals surface area (Å²) in [4.78, 5) is 10.6. The summed E-state index contributed by atoms with van der Waals surface area (Å²) in [7, 11) is -3.46. The van der Waals surface area contributed by atoms with Crippen molar-refractivity contribution in [1.29, 1.82) is 0 Å². The lowest BCUT2D eigenvalue weighted by molar-refractivity contribution is -0.137. The van der Waals surface area contributed by atoms with Gasteiger partial charge in [0.25, 0.3) is 0 Å². The smallest absolute Gasteiger partial charge is 0.322 e. The Morgan fingerprint density at radius 3 is 1.92 bits per heavy atom. The van der Waals surface area contributed by atoms with E-state index in [0.29, 0.717) is 0 Å². The molecule has 0 saturated carbocycles. The molecule has 0 heterocycles. The predicted octanol–water partition coefficient (Wildman–Crippen LogP) is 0.530. The largest absolute Gasteiger partial charge is 0.480 e. The average molecular weight is 194 g/mol. The molecule has 0 amide bonds. The van der Waals surface area contributed by atoms with Crippen LogP contribution in [0, 0.1) is 5.92 Å². The number of rotatable bonds is 4. The molecule has 0 aromatic rings.